The van der Waals surface area contributed by atoms with Crippen LogP contribution in [0.1, 0.15) is 220 Å². The lowest BCUT2D eigenvalue weighted by Gasteiger charge is -2.18. The van der Waals surface area contributed by atoms with Crippen LogP contribution in [0.3, 0.4) is 0 Å². The fourth-order valence-corrected chi connectivity index (χ4v) is 6.57. The second kappa shape index (κ2) is 50.0. The van der Waals surface area contributed by atoms with E-state index in [0.29, 0.717) is 19.3 Å². The fourth-order valence-electron chi connectivity index (χ4n) is 6.57. The van der Waals surface area contributed by atoms with Crippen LogP contribution in [-0.4, -0.2) is 37.2 Å². The molecule has 1 atom stereocenters. The van der Waals surface area contributed by atoms with Gasteiger partial charge in [-0.1, -0.05) is 214 Å². The summed E-state index contributed by atoms with van der Waals surface area (Å²) in [6.45, 7) is 6.38. The van der Waals surface area contributed by atoms with E-state index in [9.17, 15) is 14.4 Å². The van der Waals surface area contributed by atoms with Crippen LogP contribution in [0.25, 0.3) is 0 Å². The van der Waals surface area contributed by atoms with Crippen LogP contribution in [0, 0.1) is 0 Å². The summed E-state index contributed by atoms with van der Waals surface area (Å²) in [4.78, 5) is 37.5. The molecule has 0 aromatic rings. The van der Waals surface area contributed by atoms with Gasteiger partial charge in [-0.15, -0.1) is 0 Å². The molecule has 62 heavy (non-hydrogen) atoms. The lowest BCUT2D eigenvalue weighted by atomic mass is 10.1. The van der Waals surface area contributed by atoms with Crippen molar-refractivity contribution in [1.82, 2.24) is 0 Å². The molecular formula is C56H92O6. The molecule has 0 bridgehead atoms. The number of ether oxygens (including phenoxy) is 3. The Labute approximate surface area is 381 Å². The molecule has 6 heteroatoms. The Balaban J connectivity index is 4.14. The van der Waals surface area contributed by atoms with Crippen LogP contribution in [-0.2, 0) is 28.6 Å². The Bertz CT molecular complexity index is 1260. The molecule has 352 valence electrons. The lowest BCUT2D eigenvalue weighted by molar-refractivity contribution is -0.167. The minimum absolute atomic E-state index is 0.0857. The summed E-state index contributed by atoms with van der Waals surface area (Å²) in [5.41, 5.74) is 0. The number of hydrogen-bond donors (Lipinski definition) is 0. The Hall–Kier alpha value is -3.67. The molecule has 0 aromatic carbocycles. The molecule has 0 radical (unpaired) electrons. The van der Waals surface area contributed by atoms with Crippen molar-refractivity contribution in [3.8, 4) is 0 Å². The molecule has 0 aliphatic rings. The maximum Gasteiger partial charge on any atom is 0.306 e. The maximum atomic E-state index is 12.6. The van der Waals surface area contributed by atoms with E-state index in [-0.39, 0.29) is 31.1 Å². The topological polar surface area (TPSA) is 78.9 Å². The number of carbonyl (C=O) groups is 3. The number of esters is 3. The van der Waals surface area contributed by atoms with Gasteiger partial charge >= 0.3 is 17.9 Å². The third-order valence-electron chi connectivity index (χ3n) is 10.4. The smallest absolute Gasteiger partial charge is 0.306 e. The first-order chi connectivity index (χ1) is 30.5. The highest BCUT2D eigenvalue weighted by Crippen LogP contribution is 2.13. The standard InChI is InChI=1S/C56H92O6/c1-4-7-10-13-15-17-19-20-21-22-23-24-25-26-27-28-29-30-31-32-33-34-35-36-37-39-40-43-46-49-55(58)61-52-53(51-60-54(57)48-45-42-12-9-6-3)62-56(59)50-47-44-41-38-18-16-14-11-8-5-2/h7,10,15,17,20-21,23-24,26-27,29-30,32-33,35-36,53H,4-6,8-9,11-14,16,18-19,22,25,28,31,34,37-52H2,1-3H3/b10-7-,17-15-,21-20-,24-23-,27-26-,30-29-,33-32-,36-35-. The summed E-state index contributed by atoms with van der Waals surface area (Å²) in [6, 6.07) is 0. The molecule has 0 saturated carbocycles. The van der Waals surface area contributed by atoms with Gasteiger partial charge in [0, 0.05) is 19.3 Å². The summed E-state index contributed by atoms with van der Waals surface area (Å²) in [5.74, 6) is -0.933. The van der Waals surface area contributed by atoms with Crippen LogP contribution in [0.15, 0.2) is 97.2 Å². The molecule has 0 aliphatic heterocycles. The van der Waals surface area contributed by atoms with Crippen molar-refractivity contribution in [2.45, 2.75) is 226 Å². The molecular weight excluding hydrogens is 769 g/mol. The van der Waals surface area contributed by atoms with Crippen molar-refractivity contribution >= 4 is 17.9 Å². The third-order valence-corrected chi connectivity index (χ3v) is 10.4. The van der Waals surface area contributed by atoms with Crippen LogP contribution in [0.5, 0.6) is 0 Å². The van der Waals surface area contributed by atoms with Gasteiger partial charge in [0.2, 0.25) is 0 Å². The number of carbonyl (C=O) groups excluding carboxylic acids is 3. The fraction of sp³-hybridized carbons (Fsp3) is 0.661. The van der Waals surface area contributed by atoms with Crippen LogP contribution >= 0.6 is 0 Å². The lowest BCUT2D eigenvalue weighted by Crippen LogP contribution is -2.30. The summed E-state index contributed by atoms with van der Waals surface area (Å²) in [5, 5.41) is 0. The highest BCUT2D eigenvalue weighted by Gasteiger charge is 2.19. The minimum Gasteiger partial charge on any atom is -0.462 e. The van der Waals surface area contributed by atoms with Crippen LogP contribution in [0.2, 0.25) is 0 Å². The van der Waals surface area contributed by atoms with Crippen LogP contribution in [0.4, 0.5) is 0 Å². The van der Waals surface area contributed by atoms with Crippen molar-refractivity contribution in [3.05, 3.63) is 97.2 Å². The zero-order valence-electron chi connectivity index (χ0n) is 40.1. The monoisotopic (exact) mass is 861 g/mol. The molecule has 0 rings (SSSR count). The molecule has 1 unspecified atom stereocenters. The Kier molecular flexibility index (Phi) is 47.0. The molecule has 0 saturated heterocycles. The summed E-state index contributed by atoms with van der Waals surface area (Å²) in [7, 11) is 0. The first-order valence-corrected chi connectivity index (χ1v) is 25.2. The number of unbranched alkanes of at least 4 members (excludes halogenated alkanes) is 17. The minimum atomic E-state index is -0.781. The van der Waals surface area contributed by atoms with Crippen molar-refractivity contribution < 1.29 is 28.6 Å². The van der Waals surface area contributed by atoms with Gasteiger partial charge in [-0.2, -0.15) is 0 Å². The predicted octanol–water partition coefficient (Wildman–Crippen LogP) is 16.6. The van der Waals surface area contributed by atoms with Gasteiger partial charge in [0.1, 0.15) is 13.2 Å². The second-order valence-electron chi connectivity index (χ2n) is 16.4. The summed E-state index contributed by atoms with van der Waals surface area (Å²) >= 11 is 0. The summed E-state index contributed by atoms with van der Waals surface area (Å²) in [6.07, 6.45) is 65.8. The van der Waals surface area contributed by atoms with E-state index >= 15 is 0 Å². The van der Waals surface area contributed by atoms with E-state index in [1.807, 2.05) is 0 Å². The normalized spacial score (nSPS) is 12.9. The highest BCUT2D eigenvalue weighted by molar-refractivity contribution is 5.71. The first-order valence-electron chi connectivity index (χ1n) is 25.2. The predicted molar refractivity (Wildman–Crippen MR) is 265 cm³/mol. The number of hydrogen-bond acceptors (Lipinski definition) is 6. The SMILES string of the molecule is CC/C=C\C/C=C\C/C=C\C/C=C\C/C=C\C/C=C\C/C=C\C/C=C\CCCCCCC(=O)OCC(COC(=O)CCCCCCC)OC(=O)CCCCCCCCCCCC. The van der Waals surface area contributed by atoms with E-state index in [2.05, 4.69) is 118 Å². The van der Waals surface area contributed by atoms with Gasteiger partial charge in [-0.05, 0) is 83.5 Å². The molecule has 0 spiro atoms. The second-order valence-corrected chi connectivity index (χ2v) is 16.4. The molecule has 0 fully saturated rings. The van der Waals surface area contributed by atoms with E-state index < -0.39 is 6.10 Å². The van der Waals surface area contributed by atoms with Crippen molar-refractivity contribution in [1.29, 1.82) is 0 Å². The quantitative estimate of drug-likeness (QED) is 0.0263. The maximum absolute atomic E-state index is 12.6. The van der Waals surface area contributed by atoms with Crippen LogP contribution < -0.4 is 0 Å². The van der Waals surface area contributed by atoms with Gasteiger partial charge in [0.05, 0.1) is 0 Å². The zero-order valence-corrected chi connectivity index (χ0v) is 40.1. The van der Waals surface area contributed by atoms with E-state index in [4.69, 9.17) is 14.2 Å². The van der Waals surface area contributed by atoms with Gasteiger partial charge < -0.3 is 14.2 Å². The van der Waals surface area contributed by atoms with Crippen molar-refractivity contribution in [2.24, 2.45) is 0 Å². The molecule has 0 N–H and O–H groups in total. The molecule has 0 heterocycles. The number of allylic oxidation sites excluding steroid dienone is 16. The Morgan fingerprint density at radius 2 is 0.629 bits per heavy atom. The highest BCUT2D eigenvalue weighted by atomic mass is 16.6. The third kappa shape index (κ3) is 47.4. The van der Waals surface area contributed by atoms with E-state index in [1.54, 1.807) is 0 Å². The van der Waals surface area contributed by atoms with E-state index in [1.165, 1.54) is 51.4 Å². The Morgan fingerprint density at radius 1 is 0.339 bits per heavy atom. The summed E-state index contributed by atoms with van der Waals surface area (Å²) < 4.78 is 16.6. The van der Waals surface area contributed by atoms with Crippen molar-refractivity contribution in [2.75, 3.05) is 13.2 Å². The van der Waals surface area contributed by atoms with Gasteiger partial charge in [0.25, 0.3) is 0 Å². The largest absolute Gasteiger partial charge is 0.462 e. The molecule has 0 aromatic heterocycles. The average Bonchev–Trinajstić information content (AvgIpc) is 3.27. The average molecular weight is 861 g/mol. The first kappa shape index (κ1) is 58.3. The van der Waals surface area contributed by atoms with Gasteiger partial charge in [0.15, 0.2) is 6.10 Å². The molecule has 0 aliphatic carbocycles. The molecule has 0 amide bonds. The molecule has 6 nitrogen and oxygen atoms in total. The number of rotatable bonds is 44. The van der Waals surface area contributed by atoms with E-state index in [0.717, 1.165) is 128 Å². The van der Waals surface area contributed by atoms with Gasteiger partial charge in [-0.25, -0.2) is 0 Å². The Morgan fingerprint density at radius 3 is 0.984 bits per heavy atom. The van der Waals surface area contributed by atoms with Gasteiger partial charge in [-0.3, -0.25) is 14.4 Å². The zero-order chi connectivity index (χ0) is 45.1. The van der Waals surface area contributed by atoms with Crippen molar-refractivity contribution in [3.63, 3.8) is 0 Å².